The van der Waals surface area contributed by atoms with Crippen LogP contribution in [0.15, 0.2) is 23.1 Å². The summed E-state index contributed by atoms with van der Waals surface area (Å²) in [5.41, 5.74) is 6.20. The Labute approximate surface area is 120 Å². The first-order valence-electron chi connectivity index (χ1n) is 5.79. The van der Waals surface area contributed by atoms with E-state index in [9.17, 15) is 12.6 Å². The molecule has 19 heavy (non-hydrogen) atoms. The highest BCUT2D eigenvalue weighted by atomic mass is 35.5. The molecule has 1 aliphatic heterocycles. The third kappa shape index (κ3) is 3.17. The van der Waals surface area contributed by atoms with E-state index in [0.29, 0.717) is 22.1 Å². The summed E-state index contributed by atoms with van der Waals surface area (Å²) in [6.07, 6.45) is 0. The Kier molecular flexibility index (Phi) is 4.62. The lowest BCUT2D eigenvalue weighted by atomic mass is 10.2. The van der Waals surface area contributed by atoms with Crippen molar-refractivity contribution in [1.29, 1.82) is 0 Å². The summed E-state index contributed by atoms with van der Waals surface area (Å²) in [5.74, 6) is 0.766. The van der Waals surface area contributed by atoms with Crippen molar-refractivity contribution >= 4 is 32.4 Å². The predicted molar refractivity (Wildman–Crippen MR) is 76.0 cm³/mol. The Morgan fingerprint density at radius 1 is 1.32 bits per heavy atom. The van der Waals surface area contributed by atoms with Crippen LogP contribution in [-0.4, -0.2) is 41.5 Å². The van der Waals surface area contributed by atoms with E-state index in [1.165, 1.54) is 16.4 Å². The predicted octanol–water partition coefficient (Wildman–Crippen LogP) is 0.552. The maximum atomic E-state index is 12.4. The number of halogens is 1. The number of rotatable bonds is 3. The molecule has 1 aliphatic rings. The van der Waals surface area contributed by atoms with Gasteiger partial charge in [0.2, 0.25) is 10.0 Å². The molecule has 0 bridgehead atoms. The first-order valence-corrected chi connectivity index (χ1v) is 9.09. The van der Waals surface area contributed by atoms with E-state index in [-0.39, 0.29) is 24.5 Å². The maximum absolute atomic E-state index is 12.4. The summed E-state index contributed by atoms with van der Waals surface area (Å²) >= 11 is 5.99. The molecule has 1 aromatic rings. The van der Waals surface area contributed by atoms with Crippen molar-refractivity contribution in [2.75, 3.05) is 24.6 Å². The molecule has 2 rings (SSSR count). The lowest BCUT2D eigenvalue weighted by Crippen LogP contribution is -2.41. The van der Waals surface area contributed by atoms with Gasteiger partial charge in [0, 0.05) is 47.0 Å². The highest BCUT2D eigenvalue weighted by Crippen LogP contribution is 2.23. The lowest BCUT2D eigenvalue weighted by Gasteiger charge is -2.25. The van der Waals surface area contributed by atoms with Gasteiger partial charge in [-0.2, -0.15) is 4.31 Å². The standard InChI is InChI=1S/C11H15ClN2O3S2/c12-11-7-10(2-1-9(11)8-13)19(16,17)14-3-5-18(15)6-4-14/h1-2,7H,3-6,8,13H2. The zero-order valence-electron chi connectivity index (χ0n) is 10.2. The Morgan fingerprint density at radius 3 is 2.47 bits per heavy atom. The highest BCUT2D eigenvalue weighted by molar-refractivity contribution is 7.89. The van der Waals surface area contributed by atoms with E-state index in [1.54, 1.807) is 6.07 Å². The zero-order valence-corrected chi connectivity index (χ0v) is 12.6. The average Bonchev–Trinajstić information content (AvgIpc) is 2.39. The second kappa shape index (κ2) is 5.88. The fourth-order valence-electron chi connectivity index (χ4n) is 1.86. The summed E-state index contributed by atoms with van der Waals surface area (Å²) in [6, 6.07) is 4.55. The molecule has 1 fully saturated rings. The van der Waals surface area contributed by atoms with Crippen LogP contribution in [0.25, 0.3) is 0 Å². The van der Waals surface area contributed by atoms with Crippen LogP contribution in [-0.2, 0) is 27.4 Å². The molecule has 0 atom stereocenters. The van der Waals surface area contributed by atoms with Crippen LogP contribution in [0.4, 0.5) is 0 Å². The molecule has 0 radical (unpaired) electrons. The summed E-state index contributed by atoms with van der Waals surface area (Å²) in [4.78, 5) is 0.155. The third-order valence-electron chi connectivity index (χ3n) is 3.02. The van der Waals surface area contributed by atoms with Crippen molar-refractivity contribution in [2.45, 2.75) is 11.4 Å². The van der Waals surface area contributed by atoms with Crippen LogP contribution in [0.1, 0.15) is 5.56 Å². The number of sulfonamides is 1. The maximum Gasteiger partial charge on any atom is 0.243 e. The summed E-state index contributed by atoms with van der Waals surface area (Å²) in [7, 11) is -4.47. The molecule has 0 aromatic heterocycles. The van der Waals surface area contributed by atoms with Crippen LogP contribution in [0.3, 0.4) is 0 Å². The molecule has 1 saturated heterocycles. The minimum atomic E-state index is -3.56. The molecular weight excluding hydrogens is 308 g/mol. The van der Waals surface area contributed by atoms with E-state index in [2.05, 4.69) is 0 Å². The molecule has 0 saturated carbocycles. The summed E-state index contributed by atoms with van der Waals surface area (Å²) in [5, 5.41) is 0.351. The fourth-order valence-corrected chi connectivity index (χ4v) is 4.94. The molecule has 2 N–H and O–H groups in total. The van der Waals surface area contributed by atoms with Gasteiger partial charge in [0.15, 0.2) is 0 Å². The van der Waals surface area contributed by atoms with E-state index in [1.807, 2.05) is 0 Å². The minimum Gasteiger partial charge on any atom is -0.326 e. The molecule has 0 aliphatic carbocycles. The number of hydrogen-bond acceptors (Lipinski definition) is 4. The zero-order chi connectivity index (χ0) is 14.0. The molecule has 1 aromatic carbocycles. The first-order chi connectivity index (χ1) is 8.95. The van der Waals surface area contributed by atoms with Crippen molar-refractivity contribution in [3.05, 3.63) is 28.8 Å². The topological polar surface area (TPSA) is 80.5 Å². The Bertz CT molecular complexity index is 594. The molecule has 106 valence electrons. The SMILES string of the molecule is NCc1ccc(S(=O)(=O)N2CCS(=O)CC2)cc1Cl. The van der Waals surface area contributed by atoms with Gasteiger partial charge >= 0.3 is 0 Å². The second-order valence-electron chi connectivity index (χ2n) is 4.21. The largest absolute Gasteiger partial charge is 0.326 e. The monoisotopic (exact) mass is 322 g/mol. The van der Waals surface area contributed by atoms with Crippen molar-refractivity contribution in [1.82, 2.24) is 4.31 Å². The Morgan fingerprint density at radius 2 is 1.95 bits per heavy atom. The Hall–Kier alpha value is -0.470. The van der Waals surface area contributed by atoms with Crippen LogP contribution < -0.4 is 5.73 Å². The molecular formula is C11H15ClN2O3S2. The van der Waals surface area contributed by atoms with Gasteiger partial charge in [-0.15, -0.1) is 0 Å². The van der Waals surface area contributed by atoms with Crippen molar-refractivity contribution in [3.63, 3.8) is 0 Å². The van der Waals surface area contributed by atoms with Crippen LogP contribution in [0.2, 0.25) is 5.02 Å². The highest BCUT2D eigenvalue weighted by Gasteiger charge is 2.28. The molecule has 0 spiro atoms. The third-order valence-corrected chi connectivity index (χ3v) is 6.54. The molecule has 5 nitrogen and oxygen atoms in total. The quantitative estimate of drug-likeness (QED) is 0.881. The van der Waals surface area contributed by atoms with Gasteiger partial charge in [0.1, 0.15) is 0 Å². The van der Waals surface area contributed by atoms with Gasteiger partial charge in [0.05, 0.1) is 4.90 Å². The average molecular weight is 323 g/mol. The van der Waals surface area contributed by atoms with Gasteiger partial charge in [-0.1, -0.05) is 17.7 Å². The van der Waals surface area contributed by atoms with E-state index in [4.69, 9.17) is 17.3 Å². The van der Waals surface area contributed by atoms with Crippen molar-refractivity contribution in [2.24, 2.45) is 5.73 Å². The minimum absolute atomic E-state index is 0.155. The van der Waals surface area contributed by atoms with E-state index < -0.39 is 20.8 Å². The van der Waals surface area contributed by atoms with E-state index in [0.717, 1.165) is 0 Å². The van der Waals surface area contributed by atoms with Gasteiger partial charge in [-0.05, 0) is 17.7 Å². The summed E-state index contributed by atoms with van der Waals surface area (Å²) in [6.45, 7) is 0.832. The second-order valence-corrected chi connectivity index (χ2v) is 8.25. The van der Waals surface area contributed by atoms with Crippen molar-refractivity contribution < 1.29 is 12.6 Å². The fraction of sp³-hybridized carbons (Fsp3) is 0.455. The first kappa shape index (κ1) is 14.9. The normalized spacial score (nSPS) is 18.6. The smallest absolute Gasteiger partial charge is 0.243 e. The number of nitrogens with two attached hydrogens (primary N) is 1. The lowest BCUT2D eigenvalue weighted by molar-refractivity contribution is 0.438. The van der Waals surface area contributed by atoms with Crippen molar-refractivity contribution in [3.8, 4) is 0 Å². The van der Waals surface area contributed by atoms with E-state index >= 15 is 0 Å². The molecule has 1 heterocycles. The van der Waals surface area contributed by atoms with Crippen LogP contribution in [0, 0.1) is 0 Å². The number of hydrogen-bond donors (Lipinski definition) is 1. The van der Waals surface area contributed by atoms with Gasteiger partial charge in [-0.3, -0.25) is 4.21 Å². The number of benzene rings is 1. The molecule has 0 amide bonds. The summed E-state index contributed by atoms with van der Waals surface area (Å²) < 4.78 is 37.4. The Balaban J connectivity index is 2.29. The van der Waals surface area contributed by atoms with Crippen LogP contribution >= 0.6 is 11.6 Å². The van der Waals surface area contributed by atoms with Gasteiger partial charge < -0.3 is 5.73 Å². The van der Waals surface area contributed by atoms with Gasteiger partial charge in [-0.25, -0.2) is 8.42 Å². The number of nitrogens with zero attached hydrogens (tertiary/aromatic N) is 1. The molecule has 0 unspecified atom stereocenters. The van der Waals surface area contributed by atoms with Crippen LogP contribution in [0.5, 0.6) is 0 Å². The van der Waals surface area contributed by atoms with Gasteiger partial charge in [0.25, 0.3) is 0 Å². The molecule has 8 heteroatoms.